The molecule has 4 rings (SSSR count). The molecule has 2 amide bonds. The Balaban J connectivity index is 1.78. The Hall–Kier alpha value is -4.63. The fourth-order valence-corrected chi connectivity index (χ4v) is 6.54. The summed E-state index contributed by atoms with van der Waals surface area (Å²) < 4.78 is 35.0. The molecule has 2 atom stereocenters. The van der Waals surface area contributed by atoms with Crippen molar-refractivity contribution in [3.63, 3.8) is 0 Å². The second-order valence-corrected chi connectivity index (χ2v) is 13.1. The van der Waals surface area contributed by atoms with Crippen LogP contribution in [0.5, 0.6) is 5.75 Å². The van der Waals surface area contributed by atoms with E-state index in [1.165, 1.54) is 17.0 Å². The van der Waals surface area contributed by atoms with Gasteiger partial charge in [-0.15, -0.1) is 0 Å². The minimum atomic E-state index is -4.19. The lowest BCUT2D eigenvalue weighted by Gasteiger charge is -2.34. The van der Waals surface area contributed by atoms with E-state index in [0.717, 1.165) is 27.4 Å². The third-order valence-corrected chi connectivity index (χ3v) is 9.54. The molecule has 0 heterocycles. The third-order valence-electron chi connectivity index (χ3n) is 7.75. The quantitative estimate of drug-likeness (QED) is 0.168. The van der Waals surface area contributed by atoms with Crippen molar-refractivity contribution in [1.29, 1.82) is 0 Å². The zero-order valence-electron chi connectivity index (χ0n) is 26.9. The molecule has 0 spiro atoms. The average Bonchev–Trinajstić information content (AvgIpc) is 3.06. The van der Waals surface area contributed by atoms with E-state index in [0.29, 0.717) is 18.0 Å². The first kappa shape index (κ1) is 34.2. The smallest absolute Gasteiger partial charge is 0.264 e. The molecule has 4 aromatic carbocycles. The number of nitrogens with one attached hydrogen (secondary N) is 1. The number of hydrogen-bond donors (Lipinski definition) is 1. The van der Waals surface area contributed by atoms with Gasteiger partial charge in [-0.3, -0.25) is 13.9 Å². The number of hydrogen-bond acceptors (Lipinski definition) is 5. The van der Waals surface area contributed by atoms with Crippen LogP contribution in [0.1, 0.15) is 43.9 Å². The number of aryl methyl sites for hydroxylation is 1. The largest absolute Gasteiger partial charge is 0.494 e. The molecule has 0 saturated heterocycles. The van der Waals surface area contributed by atoms with Gasteiger partial charge in [-0.25, -0.2) is 8.42 Å². The van der Waals surface area contributed by atoms with Crippen molar-refractivity contribution in [1.82, 2.24) is 10.2 Å². The summed E-state index contributed by atoms with van der Waals surface area (Å²) in [6, 6.07) is 31.0. The van der Waals surface area contributed by atoms with Gasteiger partial charge in [-0.05, 0) is 74.7 Å². The van der Waals surface area contributed by atoms with Gasteiger partial charge in [0.2, 0.25) is 11.8 Å². The standard InChI is InChI=1S/C37H43N3O5S/c1-5-29(4)38-37(42)35(25-30-15-9-7-10-16-30)39(26-31-17-13-14-28(3)24-31)36(41)27-40(32-18-11-8-12-19-32)46(43,44)34-22-20-33(21-23-34)45-6-2/h7-24,29,35H,5-6,25-27H2,1-4H3,(H,38,42)/t29-,35-/m1/s1. The molecule has 242 valence electrons. The molecule has 9 heteroatoms. The SMILES string of the molecule is CCOc1ccc(S(=O)(=O)N(CC(=O)N(Cc2cccc(C)c2)[C@H](Cc2ccccc2)C(=O)N[C@H](C)CC)c2ccccc2)cc1. The molecule has 8 nitrogen and oxygen atoms in total. The highest BCUT2D eigenvalue weighted by Crippen LogP contribution is 2.26. The summed E-state index contributed by atoms with van der Waals surface area (Å²) in [4.78, 5) is 30.0. The Labute approximate surface area is 273 Å². The van der Waals surface area contributed by atoms with Gasteiger partial charge in [0.25, 0.3) is 10.0 Å². The number of anilines is 1. The van der Waals surface area contributed by atoms with E-state index in [-0.39, 0.29) is 29.8 Å². The molecule has 46 heavy (non-hydrogen) atoms. The number of carbonyl (C=O) groups excluding carboxylic acids is 2. The molecule has 0 saturated carbocycles. The fourth-order valence-electron chi connectivity index (χ4n) is 5.13. The zero-order chi connectivity index (χ0) is 33.1. The number of nitrogens with zero attached hydrogens (tertiary/aromatic N) is 2. The van der Waals surface area contributed by atoms with Crippen LogP contribution in [-0.4, -0.2) is 50.4 Å². The highest BCUT2D eigenvalue weighted by atomic mass is 32.2. The van der Waals surface area contributed by atoms with Crippen LogP contribution in [-0.2, 0) is 32.6 Å². The molecule has 4 aromatic rings. The second-order valence-electron chi connectivity index (χ2n) is 11.3. The first-order valence-electron chi connectivity index (χ1n) is 15.6. The molecule has 0 fully saturated rings. The van der Waals surface area contributed by atoms with Crippen LogP contribution in [0.15, 0.2) is 114 Å². The number of benzene rings is 4. The van der Waals surface area contributed by atoms with Crippen molar-refractivity contribution < 1.29 is 22.7 Å². The molecule has 0 aliphatic carbocycles. The normalized spacial score (nSPS) is 12.5. The van der Waals surface area contributed by atoms with E-state index < -0.39 is 28.5 Å². The molecule has 0 bridgehead atoms. The minimum Gasteiger partial charge on any atom is -0.494 e. The highest BCUT2D eigenvalue weighted by molar-refractivity contribution is 7.92. The van der Waals surface area contributed by atoms with Crippen LogP contribution < -0.4 is 14.4 Å². The number of para-hydroxylation sites is 1. The lowest BCUT2D eigenvalue weighted by Crippen LogP contribution is -2.54. The summed E-state index contributed by atoms with van der Waals surface area (Å²) in [7, 11) is -4.19. The lowest BCUT2D eigenvalue weighted by atomic mass is 10.0. The summed E-state index contributed by atoms with van der Waals surface area (Å²) in [6.07, 6.45) is 0.982. The van der Waals surface area contributed by atoms with E-state index in [9.17, 15) is 18.0 Å². The van der Waals surface area contributed by atoms with E-state index in [1.54, 1.807) is 42.5 Å². The van der Waals surface area contributed by atoms with Crippen molar-refractivity contribution in [2.45, 2.75) is 64.1 Å². The van der Waals surface area contributed by atoms with Gasteiger partial charge < -0.3 is 15.0 Å². The Morgan fingerprint density at radius 1 is 0.826 bits per heavy atom. The van der Waals surface area contributed by atoms with Crippen LogP contribution in [0.4, 0.5) is 5.69 Å². The Morgan fingerprint density at radius 3 is 2.07 bits per heavy atom. The second kappa shape index (κ2) is 16.1. The number of carbonyl (C=O) groups is 2. The maximum absolute atomic E-state index is 14.5. The number of ether oxygens (including phenoxy) is 1. The molecule has 0 aliphatic heterocycles. The van der Waals surface area contributed by atoms with Gasteiger partial charge in [-0.2, -0.15) is 0 Å². The summed E-state index contributed by atoms with van der Waals surface area (Å²) in [6.45, 7) is 7.78. The number of sulfonamides is 1. The predicted molar refractivity (Wildman–Crippen MR) is 182 cm³/mol. The van der Waals surface area contributed by atoms with Crippen molar-refractivity contribution in [2.75, 3.05) is 17.5 Å². The van der Waals surface area contributed by atoms with Crippen LogP contribution in [0.2, 0.25) is 0 Å². The van der Waals surface area contributed by atoms with Gasteiger partial charge in [0.15, 0.2) is 0 Å². The monoisotopic (exact) mass is 641 g/mol. The summed E-state index contributed by atoms with van der Waals surface area (Å²) in [5.74, 6) is -0.246. The molecular weight excluding hydrogens is 598 g/mol. The first-order valence-corrected chi connectivity index (χ1v) is 17.1. The predicted octanol–water partition coefficient (Wildman–Crippen LogP) is 6.14. The lowest BCUT2D eigenvalue weighted by molar-refractivity contribution is -0.140. The number of amides is 2. The Kier molecular flexibility index (Phi) is 12.0. The maximum atomic E-state index is 14.5. The average molecular weight is 642 g/mol. The van der Waals surface area contributed by atoms with Gasteiger partial charge in [-0.1, -0.05) is 85.3 Å². The number of rotatable bonds is 15. The minimum absolute atomic E-state index is 0.0215. The molecule has 1 N–H and O–H groups in total. The Bertz CT molecular complexity index is 1680. The first-order chi connectivity index (χ1) is 22.1. The maximum Gasteiger partial charge on any atom is 0.264 e. The summed E-state index contributed by atoms with van der Waals surface area (Å²) in [5.41, 5.74) is 3.07. The van der Waals surface area contributed by atoms with Gasteiger partial charge >= 0.3 is 0 Å². The molecular formula is C37H43N3O5S. The zero-order valence-corrected chi connectivity index (χ0v) is 27.7. The van der Waals surface area contributed by atoms with Crippen LogP contribution in [0.25, 0.3) is 0 Å². The van der Waals surface area contributed by atoms with E-state index >= 15 is 0 Å². The Morgan fingerprint density at radius 2 is 1.46 bits per heavy atom. The molecule has 0 unspecified atom stereocenters. The van der Waals surface area contributed by atoms with Crippen LogP contribution in [0, 0.1) is 6.92 Å². The molecule has 0 radical (unpaired) electrons. The van der Waals surface area contributed by atoms with E-state index in [1.807, 2.05) is 82.3 Å². The van der Waals surface area contributed by atoms with Crippen molar-refractivity contribution >= 4 is 27.5 Å². The van der Waals surface area contributed by atoms with Gasteiger partial charge in [0.05, 0.1) is 17.2 Å². The van der Waals surface area contributed by atoms with Gasteiger partial charge in [0, 0.05) is 19.0 Å². The highest BCUT2D eigenvalue weighted by Gasteiger charge is 2.35. The fraction of sp³-hybridized carbons (Fsp3) is 0.297. The van der Waals surface area contributed by atoms with Crippen LogP contribution >= 0.6 is 0 Å². The summed E-state index contributed by atoms with van der Waals surface area (Å²) in [5, 5.41) is 3.06. The van der Waals surface area contributed by atoms with Gasteiger partial charge in [0.1, 0.15) is 18.3 Å². The molecule has 0 aliphatic rings. The van der Waals surface area contributed by atoms with E-state index in [2.05, 4.69) is 5.32 Å². The van der Waals surface area contributed by atoms with Crippen molar-refractivity contribution in [2.24, 2.45) is 0 Å². The van der Waals surface area contributed by atoms with Crippen molar-refractivity contribution in [3.8, 4) is 5.75 Å². The van der Waals surface area contributed by atoms with Crippen LogP contribution in [0.3, 0.4) is 0 Å². The summed E-state index contributed by atoms with van der Waals surface area (Å²) >= 11 is 0. The van der Waals surface area contributed by atoms with Crippen molar-refractivity contribution in [3.05, 3.63) is 126 Å². The van der Waals surface area contributed by atoms with E-state index in [4.69, 9.17) is 4.74 Å². The third kappa shape index (κ3) is 8.97. The topological polar surface area (TPSA) is 96.0 Å². The molecule has 0 aromatic heterocycles.